The molecule has 3 nitrogen and oxygen atoms in total. The first kappa shape index (κ1) is 18.1. The van der Waals surface area contributed by atoms with Crippen LogP contribution in [0.4, 0.5) is 0 Å². The largest absolute Gasteiger partial charge is 0.385 e. The van der Waals surface area contributed by atoms with Gasteiger partial charge in [0.15, 0.2) is 0 Å². The van der Waals surface area contributed by atoms with Crippen molar-refractivity contribution >= 4 is 0 Å². The highest BCUT2D eigenvalue weighted by molar-refractivity contribution is 5.68. The summed E-state index contributed by atoms with van der Waals surface area (Å²) >= 11 is 0. The van der Waals surface area contributed by atoms with Crippen molar-refractivity contribution in [3.8, 4) is 11.1 Å². The summed E-state index contributed by atoms with van der Waals surface area (Å²) in [5.74, 6) is 0.416. The maximum Gasteiger partial charge on any atom is 0.0465 e. The maximum atomic E-state index is 6.37. The molecule has 1 heterocycles. The Labute approximate surface area is 151 Å². The predicted molar refractivity (Wildman–Crippen MR) is 105 cm³/mol. The lowest BCUT2D eigenvalue weighted by molar-refractivity contribution is 0.195. The van der Waals surface area contributed by atoms with Crippen LogP contribution in [0.15, 0.2) is 42.5 Å². The van der Waals surface area contributed by atoms with Gasteiger partial charge in [-0.3, -0.25) is 0 Å². The zero-order valence-corrected chi connectivity index (χ0v) is 15.4. The van der Waals surface area contributed by atoms with Crippen molar-refractivity contribution in [1.82, 2.24) is 5.32 Å². The molecule has 0 spiro atoms. The maximum absolute atomic E-state index is 6.37. The van der Waals surface area contributed by atoms with E-state index in [-0.39, 0.29) is 6.04 Å². The first-order valence-corrected chi connectivity index (χ1v) is 9.34. The fourth-order valence-corrected chi connectivity index (χ4v) is 3.91. The Morgan fingerprint density at radius 2 is 2.04 bits per heavy atom. The second-order valence-electron chi connectivity index (χ2n) is 7.09. The van der Waals surface area contributed by atoms with Gasteiger partial charge in [0.2, 0.25) is 0 Å². The number of ether oxygens (including phenoxy) is 1. The Morgan fingerprint density at radius 3 is 2.80 bits per heavy atom. The molecule has 25 heavy (non-hydrogen) atoms. The van der Waals surface area contributed by atoms with E-state index < -0.39 is 0 Å². The Hall–Kier alpha value is -1.68. The van der Waals surface area contributed by atoms with Crippen LogP contribution in [-0.2, 0) is 11.2 Å². The normalized spacial score (nSPS) is 20.6. The molecule has 0 amide bonds. The van der Waals surface area contributed by atoms with Gasteiger partial charge in [0, 0.05) is 32.2 Å². The molecule has 2 aromatic carbocycles. The Bertz CT molecular complexity index is 698. The SMILES string of the molecule is COCCCc1ccccc1-c1ccc([C@H]2CNCCC2N)c(C)c1. The summed E-state index contributed by atoms with van der Waals surface area (Å²) in [5, 5.41) is 3.48. The van der Waals surface area contributed by atoms with Gasteiger partial charge in [0.1, 0.15) is 0 Å². The summed E-state index contributed by atoms with van der Waals surface area (Å²) in [5.41, 5.74) is 13.1. The quantitative estimate of drug-likeness (QED) is 0.791. The van der Waals surface area contributed by atoms with E-state index in [1.807, 2.05) is 0 Å². The van der Waals surface area contributed by atoms with E-state index >= 15 is 0 Å². The van der Waals surface area contributed by atoms with Gasteiger partial charge in [-0.2, -0.15) is 0 Å². The molecule has 0 saturated carbocycles. The minimum Gasteiger partial charge on any atom is -0.385 e. The molecular formula is C22H30N2O. The van der Waals surface area contributed by atoms with E-state index in [4.69, 9.17) is 10.5 Å². The van der Waals surface area contributed by atoms with Gasteiger partial charge in [-0.05, 0) is 60.5 Å². The number of benzene rings is 2. The van der Waals surface area contributed by atoms with Gasteiger partial charge in [-0.25, -0.2) is 0 Å². The molecule has 3 heteroatoms. The van der Waals surface area contributed by atoms with E-state index in [0.717, 1.165) is 39.0 Å². The first-order chi connectivity index (χ1) is 12.2. The number of nitrogens with one attached hydrogen (secondary N) is 1. The molecule has 2 atom stereocenters. The summed E-state index contributed by atoms with van der Waals surface area (Å²) in [6.45, 7) is 5.03. The van der Waals surface area contributed by atoms with Gasteiger partial charge < -0.3 is 15.8 Å². The van der Waals surface area contributed by atoms with Gasteiger partial charge in [-0.15, -0.1) is 0 Å². The van der Waals surface area contributed by atoms with Crippen molar-refractivity contribution in [3.05, 3.63) is 59.2 Å². The third-order valence-electron chi connectivity index (χ3n) is 5.33. The highest BCUT2D eigenvalue weighted by atomic mass is 16.5. The standard InChI is InChI=1S/C22H30N2O/c1-16-14-18(9-10-19(16)21-15-24-12-11-22(21)23)20-8-4-3-6-17(20)7-5-13-25-2/h3-4,6,8-10,14,21-22,24H,5,7,11-13,15,23H2,1-2H3/t21-,22?/m1/s1. The van der Waals surface area contributed by atoms with E-state index in [2.05, 4.69) is 54.7 Å². The van der Waals surface area contributed by atoms with Crippen molar-refractivity contribution in [1.29, 1.82) is 0 Å². The lowest BCUT2D eigenvalue weighted by Gasteiger charge is -2.31. The monoisotopic (exact) mass is 338 g/mol. The Kier molecular flexibility index (Phi) is 6.24. The van der Waals surface area contributed by atoms with Crippen molar-refractivity contribution in [2.45, 2.75) is 38.1 Å². The molecule has 3 N–H and O–H groups in total. The van der Waals surface area contributed by atoms with Crippen LogP contribution >= 0.6 is 0 Å². The van der Waals surface area contributed by atoms with E-state index in [0.29, 0.717) is 5.92 Å². The number of methoxy groups -OCH3 is 1. The number of piperidine rings is 1. The Morgan fingerprint density at radius 1 is 1.20 bits per heavy atom. The minimum atomic E-state index is 0.257. The molecule has 1 aliphatic rings. The number of rotatable bonds is 6. The van der Waals surface area contributed by atoms with Crippen LogP contribution in [0, 0.1) is 6.92 Å². The second kappa shape index (κ2) is 8.61. The predicted octanol–water partition coefficient (Wildman–Crippen LogP) is 3.65. The lowest BCUT2D eigenvalue weighted by atomic mass is 9.84. The third kappa shape index (κ3) is 4.30. The van der Waals surface area contributed by atoms with Crippen molar-refractivity contribution in [2.75, 3.05) is 26.8 Å². The molecule has 2 aromatic rings. The zero-order chi connectivity index (χ0) is 17.6. The molecule has 0 radical (unpaired) electrons. The number of nitrogens with two attached hydrogens (primary N) is 1. The van der Waals surface area contributed by atoms with Gasteiger partial charge in [-0.1, -0.05) is 42.5 Å². The van der Waals surface area contributed by atoms with Crippen LogP contribution in [0.25, 0.3) is 11.1 Å². The van der Waals surface area contributed by atoms with E-state index in [1.54, 1.807) is 7.11 Å². The van der Waals surface area contributed by atoms with Gasteiger partial charge in [0.25, 0.3) is 0 Å². The molecule has 1 unspecified atom stereocenters. The van der Waals surface area contributed by atoms with Crippen molar-refractivity contribution in [3.63, 3.8) is 0 Å². The first-order valence-electron chi connectivity index (χ1n) is 9.34. The number of hydrogen-bond donors (Lipinski definition) is 2. The lowest BCUT2D eigenvalue weighted by Crippen LogP contribution is -2.43. The second-order valence-corrected chi connectivity index (χ2v) is 7.09. The summed E-state index contributed by atoms with van der Waals surface area (Å²) in [4.78, 5) is 0. The molecule has 1 saturated heterocycles. The van der Waals surface area contributed by atoms with Crippen LogP contribution < -0.4 is 11.1 Å². The minimum absolute atomic E-state index is 0.257. The Balaban J connectivity index is 1.86. The van der Waals surface area contributed by atoms with Crippen molar-refractivity contribution in [2.24, 2.45) is 5.73 Å². The molecule has 134 valence electrons. The average Bonchev–Trinajstić information content (AvgIpc) is 2.63. The van der Waals surface area contributed by atoms with Gasteiger partial charge >= 0.3 is 0 Å². The molecule has 0 aromatic heterocycles. The molecule has 0 bridgehead atoms. The molecule has 1 aliphatic heterocycles. The van der Waals surface area contributed by atoms with Crippen LogP contribution in [0.3, 0.4) is 0 Å². The summed E-state index contributed by atoms with van der Waals surface area (Å²) in [6.07, 6.45) is 3.14. The summed E-state index contributed by atoms with van der Waals surface area (Å²) in [6, 6.07) is 15.8. The van der Waals surface area contributed by atoms with E-state index in [1.165, 1.54) is 27.8 Å². The summed E-state index contributed by atoms with van der Waals surface area (Å²) < 4.78 is 5.20. The van der Waals surface area contributed by atoms with Crippen LogP contribution in [0.2, 0.25) is 0 Å². The highest BCUT2D eigenvalue weighted by Gasteiger charge is 2.24. The topological polar surface area (TPSA) is 47.3 Å². The highest BCUT2D eigenvalue weighted by Crippen LogP contribution is 2.31. The van der Waals surface area contributed by atoms with Crippen molar-refractivity contribution < 1.29 is 4.74 Å². The zero-order valence-electron chi connectivity index (χ0n) is 15.4. The van der Waals surface area contributed by atoms with Crippen LogP contribution in [0.5, 0.6) is 0 Å². The molecule has 1 fully saturated rings. The number of aryl methyl sites for hydroxylation is 2. The molecular weight excluding hydrogens is 308 g/mol. The van der Waals surface area contributed by atoms with Crippen LogP contribution in [-0.4, -0.2) is 32.8 Å². The fourth-order valence-electron chi connectivity index (χ4n) is 3.91. The molecule has 3 rings (SSSR count). The molecule has 0 aliphatic carbocycles. The number of hydrogen-bond acceptors (Lipinski definition) is 3. The van der Waals surface area contributed by atoms with Gasteiger partial charge in [0.05, 0.1) is 0 Å². The smallest absolute Gasteiger partial charge is 0.0465 e. The van der Waals surface area contributed by atoms with E-state index in [9.17, 15) is 0 Å². The summed E-state index contributed by atoms with van der Waals surface area (Å²) in [7, 11) is 1.76. The fraction of sp³-hybridized carbons (Fsp3) is 0.455. The van der Waals surface area contributed by atoms with Crippen LogP contribution in [0.1, 0.15) is 35.4 Å². The third-order valence-corrected chi connectivity index (χ3v) is 5.33. The average molecular weight is 338 g/mol.